The molecule has 1 saturated heterocycles. The van der Waals surface area contributed by atoms with Crippen molar-refractivity contribution in [1.29, 1.82) is 0 Å². The zero-order valence-corrected chi connectivity index (χ0v) is 9.51. The molecule has 2 nitrogen and oxygen atoms in total. The van der Waals surface area contributed by atoms with Gasteiger partial charge in [0, 0.05) is 6.04 Å². The third kappa shape index (κ3) is 2.73. The Labute approximate surface area is 96.0 Å². The van der Waals surface area contributed by atoms with E-state index in [1.54, 1.807) is 6.07 Å². The maximum Gasteiger partial charge on any atom is 0.146 e. The highest BCUT2D eigenvalue weighted by molar-refractivity contribution is 5.47. The number of benzene rings is 1. The van der Waals surface area contributed by atoms with Crippen molar-refractivity contribution >= 4 is 5.69 Å². The predicted molar refractivity (Wildman–Crippen MR) is 64.8 cm³/mol. The van der Waals surface area contributed by atoms with Gasteiger partial charge in [-0.05, 0) is 43.9 Å². The quantitative estimate of drug-likeness (QED) is 0.771. The van der Waals surface area contributed by atoms with Crippen molar-refractivity contribution in [1.82, 2.24) is 5.32 Å². The van der Waals surface area contributed by atoms with Crippen LogP contribution in [-0.4, -0.2) is 12.6 Å². The van der Waals surface area contributed by atoms with Gasteiger partial charge in [-0.2, -0.15) is 0 Å². The summed E-state index contributed by atoms with van der Waals surface area (Å²) in [6.45, 7) is 1.11. The summed E-state index contributed by atoms with van der Waals surface area (Å²) in [6.07, 6.45) is 5.72. The van der Waals surface area contributed by atoms with Crippen LogP contribution in [-0.2, 0) is 6.42 Å². The van der Waals surface area contributed by atoms with Crippen molar-refractivity contribution in [3.05, 3.63) is 29.6 Å². The minimum atomic E-state index is -0.297. The maximum atomic E-state index is 13.2. The highest BCUT2D eigenvalue weighted by Crippen LogP contribution is 2.19. The monoisotopic (exact) mass is 222 g/mol. The van der Waals surface area contributed by atoms with Gasteiger partial charge in [0.2, 0.25) is 0 Å². The number of halogens is 1. The van der Waals surface area contributed by atoms with Crippen LogP contribution in [0.1, 0.15) is 31.2 Å². The van der Waals surface area contributed by atoms with Gasteiger partial charge in [0.25, 0.3) is 0 Å². The Hall–Kier alpha value is -1.09. The van der Waals surface area contributed by atoms with Gasteiger partial charge in [-0.3, -0.25) is 0 Å². The number of nitrogens with one attached hydrogen (secondary N) is 1. The third-order valence-electron chi connectivity index (χ3n) is 3.32. The van der Waals surface area contributed by atoms with Crippen molar-refractivity contribution in [2.45, 2.75) is 38.1 Å². The van der Waals surface area contributed by atoms with Crippen LogP contribution < -0.4 is 11.1 Å². The molecule has 0 aliphatic carbocycles. The molecule has 1 fully saturated rings. The molecule has 0 radical (unpaired) electrons. The Morgan fingerprint density at radius 2 is 2.25 bits per heavy atom. The molecule has 1 aliphatic rings. The number of anilines is 1. The molecule has 0 aromatic heterocycles. The Balaban J connectivity index is 1.91. The van der Waals surface area contributed by atoms with E-state index < -0.39 is 0 Å². The maximum absolute atomic E-state index is 13.2. The topological polar surface area (TPSA) is 38.0 Å². The Morgan fingerprint density at radius 3 is 3.00 bits per heavy atom. The van der Waals surface area contributed by atoms with Gasteiger partial charge in [0.15, 0.2) is 0 Å². The van der Waals surface area contributed by atoms with E-state index in [2.05, 4.69) is 5.32 Å². The second-order valence-electron chi connectivity index (χ2n) is 4.50. The van der Waals surface area contributed by atoms with Gasteiger partial charge in [-0.1, -0.05) is 18.6 Å². The molecule has 0 bridgehead atoms. The third-order valence-corrected chi connectivity index (χ3v) is 3.32. The molecule has 1 heterocycles. The molecule has 0 amide bonds. The predicted octanol–water partition coefficient (Wildman–Crippen LogP) is 2.48. The number of aryl methyl sites for hydroxylation is 1. The fourth-order valence-corrected chi connectivity index (χ4v) is 2.30. The molecule has 1 aliphatic heterocycles. The Morgan fingerprint density at radius 1 is 1.38 bits per heavy atom. The average Bonchev–Trinajstić information content (AvgIpc) is 2.32. The average molecular weight is 222 g/mol. The van der Waals surface area contributed by atoms with Gasteiger partial charge in [-0.25, -0.2) is 4.39 Å². The molecule has 3 heteroatoms. The summed E-state index contributed by atoms with van der Waals surface area (Å²) in [5, 5.41) is 3.49. The molecular formula is C13H19FN2. The van der Waals surface area contributed by atoms with E-state index in [1.165, 1.54) is 25.3 Å². The molecule has 3 N–H and O–H groups in total. The van der Waals surface area contributed by atoms with Crippen LogP contribution in [0, 0.1) is 5.82 Å². The number of nitrogens with two attached hydrogens (primary N) is 1. The van der Waals surface area contributed by atoms with Crippen molar-refractivity contribution < 1.29 is 4.39 Å². The summed E-state index contributed by atoms with van der Waals surface area (Å²) in [5.41, 5.74) is 6.96. The van der Waals surface area contributed by atoms with Gasteiger partial charge in [0.1, 0.15) is 5.82 Å². The largest absolute Gasteiger partial charge is 0.396 e. The first-order chi connectivity index (χ1) is 7.77. The number of para-hydroxylation sites is 1. The molecule has 0 spiro atoms. The molecule has 1 atom stereocenters. The van der Waals surface area contributed by atoms with Crippen molar-refractivity contribution in [3.8, 4) is 0 Å². The van der Waals surface area contributed by atoms with E-state index in [4.69, 9.17) is 5.73 Å². The highest BCUT2D eigenvalue weighted by atomic mass is 19.1. The zero-order chi connectivity index (χ0) is 11.4. The summed E-state index contributed by atoms with van der Waals surface area (Å²) < 4.78 is 13.2. The number of nitrogen functional groups attached to an aromatic ring is 1. The van der Waals surface area contributed by atoms with Gasteiger partial charge in [0.05, 0.1) is 5.69 Å². The first-order valence-corrected chi connectivity index (χ1v) is 6.03. The van der Waals surface area contributed by atoms with E-state index >= 15 is 0 Å². The van der Waals surface area contributed by atoms with Crippen LogP contribution in [0.4, 0.5) is 10.1 Å². The molecule has 1 aromatic rings. The first-order valence-electron chi connectivity index (χ1n) is 6.03. The molecule has 88 valence electrons. The lowest BCUT2D eigenvalue weighted by Crippen LogP contribution is -2.34. The molecule has 0 saturated carbocycles. The summed E-state index contributed by atoms with van der Waals surface area (Å²) in [7, 11) is 0. The van der Waals surface area contributed by atoms with Crippen LogP contribution in [0.25, 0.3) is 0 Å². The summed E-state index contributed by atoms with van der Waals surface area (Å²) in [5.74, 6) is -0.297. The minimum Gasteiger partial charge on any atom is -0.396 e. The van der Waals surface area contributed by atoms with Crippen molar-refractivity contribution in [2.75, 3.05) is 12.3 Å². The van der Waals surface area contributed by atoms with E-state index in [0.717, 1.165) is 24.9 Å². The normalized spacial score (nSPS) is 20.9. The van der Waals surface area contributed by atoms with Crippen LogP contribution in [0.15, 0.2) is 18.2 Å². The number of hydrogen-bond donors (Lipinski definition) is 2. The second kappa shape index (κ2) is 5.30. The van der Waals surface area contributed by atoms with Crippen molar-refractivity contribution in [3.63, 3.8) is 0 Å². The lowest BCUT2D eigenvalue weighted by atomic mass is 9.97. The number of rotatable bonds is 3. The van der Waals surface area contributed by atoms with Crippen LogP contribution in [0.5, 0.6) is 0 Å². The van der Waals surface area contributed by atoms with Gasteiger partial charge in [-0.15, -0.1) is 0 Å². The number of piperidine rings is 1. The Bertz CT molecular complexity index is 346. The van der Waals surface area contributed by atoms with E-state index in [-0.39, 0.29) is 5.82 Å². The summed E-state index contributed by atoms with van der Waals surface area (Å²) >= 11 is 0. The first kappa shape index (κ1) is 11.4. The fraction of sp³-hybridized carbons (Fsp3) is 0.538. The fourth-order valence-electron chi connectivity index (χ4n) is 2.30. The Kier molecular flexibility index (Phi) is 3.78. The smallest absolute Gasteiger partial charge is 0.146 e. The van der Waals surface area contributed by atoms with Gasteiger partial charge < -0.3 is 11.1 Å². The molecule has 1 aromatic carbocycles. The second-order valence-corrected chi connectivity index (χ2v) is 4.50. The number of hydrogen-bond acceptors (Lipinski definition) is 2. The van der Waals surface area contributed by atoms with Crippen molar-refractivity contribution in [2.24, 2.45) is 0 Å². The lowest BCUT2D eigenvalue weighted by Gasteiger charge is -2.23. The zero-order valence-electron chi connectivity index (χ0n) is 9.51. The standard InChI is InChI=1S/C13H19FN2/c14-12-6-3-4-10(13(12)15)7-8-11-5-1-2-9-16-11/h3-4,6,11,16H,1-2,5,7-9,15H2. The van der Waals surface area contributed by atoms with E-state index in [0.29, 0.717) is 11.7 Å². The SMILES string of the molecule is Nc1c(F)cccc1CCC1CCCCN1. The van der Waals surface area contributed by atoms with E-state index in [9.17, 15) is 4.39 Å². The van der Waals surface area contributed by atoms with Crippen LogP contribution in [0.2, 0.25) is 0 Å². The minimum absolute atomic E-state index is 0.297. The highest BCUT2D eigenvalue weighted by Gasteiger charge is 2.13. The molecular weight excluding hydrogens is 203 g/mol. The summed E-state index contributed by atoms with van der Waals surface area (Å²) in [4.78, 5) is 0. The van der Waals surface area contributed by atoms with Gasteiger partial charge >= 0.3 is 0 Å². The lowest BCUT2D eigenvalue weighted by molar-refractivity contribution is 0.383. The van der Waals surface area contributed by atoms with Crippen LogP contribution >= 0.6 is 0 Å². The molecule has 2 rings (SSSR count). The van der Waals surface area contributed by atoms with Crippen LogP contribution in [0.3, 0.4) is 0 Å². The molecule has 1 unspecified atom stereocenters. The molecule has 16 heavy (non-hydrogen) atoms. The van der Waals surface area contributed by atoms with E-state index in [1.807, 2.05) is 6.07 Å². The summed E-state index contributed by atoms with van der Waals surface area (Å²) in [6, 6.07) is 5.64.